The maximum atomic E-state index is 13.5. The molecular formula is C19H14Cl2F3N3. The Labute approximate surface area is 164 Å². The number of aromatic nitrogens is 3. The van der Waals surface area contributed by atoms with E-state index in [2.05, 4.69) is 10.1 Å². The number of nitrogens with zero attached hydrogens (tertiary/aromatic N) is 3. The molecular weight excluding hydrogens is 398 g/mol. The zero-order valence-electron chi connectivity index (χ0n) is 14.1. The molecule has 0 aliphatic carbocycles. The monoisotopic (exact) mass is 411 g/mol. The SMILES string of the molecule is Cc1ncnn1-c1ccc(C=CC(c2cc(Cl)cc(Cl)c2)C(F)(F)F)cc1. The molecule has 0 aliphatic rings. The van der Waals surface area contributed by atoms with E-state index in [-0.39, 0.29) is 15.6 Å². The highest BCUT2D eigenvalue weighted by Crippen LogP contribution is 2.38. The molecule has 140 valence electrons. The zero-order valence-corrected chi connectivity index (χ0v) is 15.6. The van der Waals surface area contributed by atoms with Crippen LogP contribution in [0, 0.1) is 6.92 Å². The Morgan fingerprint density at radius 2 is 1.67 bits per heavy atom. The van der Waals surface area contributed by atoms with Gasteiger partial charge in [0, 0.05) is 10.0 Å². The molecule has 1 heterocycles. The summed E-state index contributed by atoms with van der Waals surface area (Å²) in [6.07, 6.45) is -0.516. The minimum atomic E-state index is -4.47. The highest BCUT2D eigenvalue weighted by atomic mass is 35.5. The Morgan fingerprint density at radius 3 is 2.19 bits per heavy atom. The minimum absolute atomic E-state index is 0.00823. The summed E-state index contributed by atoms with van der Waals surface area (Å²) in [5.41, 5.74) is 1.39. The van der Waals surface area contributed by atoms with Crippen LogP contribution in [-0.2, 0) is 0 Å². The number of aryl methyl sites for hydroxylation is 1. The molecule has 3 aromatic rings. The Hall–Kier alpha value is -2.31. The molecule has 0 fully saturated rings. The standard InChI is InChI=1S/C19H14Cl2F3N3/c1-12-25-11-26-27(12)17-5-2-13(3-6-17)4-7-18(19(22,23)24)14-8-15(20)10-16(21)9-14/h2-11,18H,1H3. The van der Waals surface area contributed by atoms with Crippen LogP contribution in [0.5, 0.6) is 0 Å². The molecule has 1 aromatic heterocycles. The third-order valence-electron chi connectivity index (χ3n) is 3.93. The van der Waals surface area contributed by atoms with Crippen molar-refractivity contribution >= 4 is 29.3 Å². The van der Waals surface area contributed by atoms with E-state index in [1.165, 1.54) is 30.6 Å². The lowest BCUT2D eigenvalue weighted by molar-refractivity contribution is -0.139. The molecule has 0 spiro atoms. The topological polar surface area (TPSA) is 30.7 Å². The fourth-order valence-corrected chi connectivity index (χ4v) is 3.19. The first-order valence-corrected chi connectivity index (χ1v) is 8.67. The fourth-order valence-electron chi connectivity index (χ4n) is 2.65. The number of benzene rings is 2. The van der Waals surface area contributed by atoms with Crippen LogP contribution < -0.4 is 0 Å². The Balaban J connectivity index is 1.88. The fraction of sp³-hybridized carbons (Fsp3) is 0.158. The zero-order chi connectivity index (χ0) is 19.6. The van der Waals surface area contributed by atoms with Crippen LogP contribution in [0.25, 0.3) is 11.8 Å². The normalized spacial score (nSPS) is 13.3. The van der Waals surface area contributed by atoms with Gasteiger partial charge in [-0.05, 0) is 48.4 Å². The highest BCUT2D eigenvalue weighted by molar-refractivity contribution is 6.34. The third-order valence-corrected chi connectivity index (χ3v) is 4.37. The van der Waals surface area contributed by atoms with E-state index in [0.717, 1.165) is 11.8 Å². The number of alkyl halides is 3. The van der Waals surface area contributed by atoms with Crippen molar-refractivity contribution in [2.45, 2.75) is 19.0 Å². The summed E-state index contributed by atoms with van der Waals surface area (Å²) in [4.78, 5) is 4.04. The van der Waals surface area contributed by atoms with Crippen molar-refractivity contribution in [3.05, 3.63) is 81.9 Å². The second-order valence-electron chi connectivity index (χ2n) is 5.89. The van der Waals surface area contributed by atoms with Gasteiger partial charge >= 0.3 is 6.18 Å². The van der Waals surface area contributed by atoms with E-state index < -0.39 is 12.1 Å². The molecule has 0 saturated carbocycles. The lowest BCUT2D eigenvalue weighted by Gasteiger charge is -2.18. The quantitative estimate of drug-likeness (QED) is 0.508. The van der Waals surface area contributed by atoms with E-state index in [9.17, 15) is 13.2 Å². The molecule has 0 amide bonds. The molecule has 0 saturated heterocycles. The predicted octanol–water partition coefficient (Wildman–Crippen LogP) is 6.24. The molecule has 27 heavy (non-hydrogen) atoms. The number of rotatable bonds is 4. The van der Waals surface area contributed by atoms with Crippen molar-refractivity contribution in [3.8, 4) is 5.69 Å². The average Bonchev–Trinajstić information content (AvgIpc) is 2.99. The van der Waals surface area contributed by atoms with Crippen LogP contribution in [0.4, 0.5) is 13.2 Å². The molecule has 1 unspecified atom stereocenters. The van der Waals surface area contributed by atoms with E-state index in [0.29, 0.717) is 11.4 Å². The van der Waals surface area contributed by atoms with Crippen molar-refractivity contribution in [1.29, 1.82) is 0 Å². The lowest BCUT2D eigenvalue weighted by atomic mass is 9.97. The van der Waals surface area contributed by atoms with Crippen LogP contribution in [0.1, 0.15) is 22.9 Å². The van der Waals surface area contributed by atoms with Gasteiger partial charge in [0.15, 0.2) is 0 Å². The summed E-state index contributed by atoms with van der Waals surface area (Å²) in [5, 5.41) is 4.41. The second kappa shape index (κ2) is 7.74. The lowest BCUT2D eigenvalue weighted by Crippen LogP contribution is -2.18. The number of allylic oxidation sites excluding steroid dienone is 1. The van der Waals surface area contributed by atoms with Gasteiger partial charge in [-0.15, -0.1) is 0 Å². The molecule has 0 bridgehead atoms. The largest absolute Gasteiger partial charge is 0.399 e. The van der Waals surface area contributed by atoms with Gasteiger partial charge in [0.05, 0.1) is 11.6 Å². The van der Waals surface area contributed by atoms with Gasteiger partial charge in [0.25, 0.3) is 0 Å². The Bertz CT molecular complexity index is 943. The summed E-state index contributed by atoms with van der Waals surface area (Å²) in [5.74, 6) is -1.10. The molecule has 1 atom stereocenters. The van der Waals surface area contributed by atoms with Crippen LogP contribution in [0.15, 0.2) is 54.9 Å². The summed E-state index contributed by atoms with van der Waals surface area (Å²) in [6, 6.07) is 10.9. The molecule has 0 aliphatic heterocycles. The van der Waals surface area contributed by atoms with Crippen molar-refractivity contribution in [2.24, 2.45) is 0 Å². The average molecular weight is 412 g/mol. The maximum Gasteiger partial charge on any atom is 0.399 e. The first kappa shape index (κ1) is 19.5. The van der Waals surface area contributed by atoms with Crippen LogP contribution in [-0.4, -0.2) is 20.9 Å². The van der Waals surface area contributed by atoms with Crippen molar-refractivity contribution < 1.29 is 13.2 Å². The minimum Gasteiger partial charge on any atom is -0.220 e. The smallest absolute Gasteiger partial charge is 0.220 e. The highest BCUT2D eigenvalue weighted by Gasteiger charge is 2.39. The molecule has 8 heteroatoms. The summed E-state index contributed by atoms with van der Waals surface area (Å²) < 4.78 is 42.2. The van der Waals surface area contributed by atoms with E-state index in [1.807, 2.05) is 6.92 Å². The van der Waals surface area contributed by atoms with Crippen LogP contribution in [0.3, 0.4) is 0 Å². The number of hydrogen-bond acceptors (Lipinski definition) is 2. The van der Waals surface area contributed by atoms with Gasteiger partial charge in [-0.3, -0.25) is 0 Å². The van der Waals surface area contributed by atoms with Crippen molar-refractivity contribution in [1.82, 2.24) is 14.8 Å². The van der Waals surface area contributed by atoms with Crippen molar-refractivity contribution in [2.75, 3.05) is 0 Å². The predicted molar refractivity (Wildman–Crippen MR) is 100 cm³/mol. The van der Waals surface area contributed by atoms with Gasteiger partial charge in [-0.2, -0.15) is 18.3 Å². The Morgan fingerprint density at radius 1 is 1.04 bits per heavy atom. The second-order valence-corrected chi connectivity index (χ2v) is 6.76. The first-order valence-electron chi connectivity index (χ1n) is 7.92. The van der Waals surface area contributed by atoms with Gasteiger partial charge in [-0.25, -0.2) is 9.67 Å². The van der Waals surface area contributed by atoms with Crippen molar-refractivity contribution in [3.63, 3.8) is 0 Å². The molecule has 0 N–H and O–H groups in total. The van der Waals surface area contributed by atoms with Gasteiger partial charge in [-0.1, -0.05) is 47.5 Å². The van der Waals surface area contributed by atoms with Gasteiger partial charge in [0.2, 0.25) is 0 Å². The van der Waals surface area contributed by atoms with Gasteiger partial charge in [0.1, 0.15) is 12.2 Å². The summed E-state index contributed by atoms with van der Waals surface area (Å²) in [7, 11) is 0. The third kappa shape index (κ3) is 4.70. The maximum absolute atomic E-state index is 13.5. The number of hydrogen-bond donors (Lipinski definition) is 0. The molecule has 0 radical (unpaired) electrons. The van der Waals surface area contributed by atoms with E-state index in [1.54, 1.807) is 28.9 Å². The molecule has 2 aromatic carbocycles. The summed E-state index contributed by atoms with van der Waals surface area (Å²) in [6.45, 7) is 1.81. The van der Waals surface area contributed by atoms with E-state index >= 15 is 0 Å². The number of halogens is 5. The van der Waals surface area contributed by atoms with Crippen LogP contribution >= 0.6 is 23.2 Å². The Kier molecular flexibility index (Phi) is 5.58. The van der Waals surface area contributed by atoms with E-state index in [4.69, 9.17) is 23.2 Å². The van der Waals surface area contributed by atoms with Crippen LogP contribution in [0.2, 0.25) is 10.0 Å². The summed E-state index contributed by atoms with van der Waals surface area (Å²) >= 11 is 11.7. The molecule has 3 nitrogen and oxygen atoms in total. The first-order chi connectivity index (χ1) is 12.7. The van der Waals surface area contributed by atoms with Gasteiger partial charge < -0.3 is 0 Å². The molecule has 3 rings (SSSR count).